The fourth-order valence-corrected chi connectivity index (χ4v) is 2.03. The molecule has 2 N–H and O–H groups in total. The average Bonchev–Trinajstić information content (AvgIpc) is 2.53. The van der Waals surface area contributed by atoms with Gasteiger partial charge in [-0.05, 0) is 18.9 Å². The fraction of sp³-hybridized carbons (Fsp3) is 0.500. The van der Waals surface area contributed by atoms with Gasteiger partial charge in [0.2, 0.25) is 5.91 Å². The Bertz CT molecular complexity index is 549. The van der Waals surface area contributed by atoms with Crippen LogP contribution in [0.2, 0.25) is 0 Å². The Morgan fingerprint density at radius 3 is 2.25 bits per heavy atom. The summed E-state index contributed by atoms with van der Waals surface area (Å²) in [6.07, 6.45) is -5.00. The van der Waals surface area contributed by atoms with Gasteiger partial charge in [0.1, 0.15) is 0 Å². The summed E-state index contributed by atoms with van der Waals surface area (Å²) in [5, 5.41) is 3.88. The van der Waals surface area contributed by atoms with Gasteiger partial charge in [-0.2, -0.15) is 13.2 Å². The highest BCUT2D eigenvalue weighted by molar-refractivity contribution is 5.88. The molecular weight excluding hydrogens is 325 g/mol. The van der Waals surface area contributed by atoms with Crippen molar-refractivity contribution >= 4 is 11.9 Å². The first-order valence-corrected chi connectivity index (χ1v) is 7.60. The normalized spacial score (nSPS) is 13.9. The largest absolute Gasteiger partial charge is 0.463 e. The molecule has 0 bridgehead atoms. The maximum atomic E-state index is 13.6. The third kappa shape index (κ3) is 4.95. The van der Waals surface area contributed by atoms with Crippen molar-refractivity contribution in [2.75, 3.05) is 13.2 Å². The lowest BCUT2D eigenvalue weighted by Crippen LogP contribution is -2.72. The standard InChI is InChI=1S/C16H21F3N2O3/c1-3-13(22)21-15(16(17,18)19,14(23)24-4-2)20-11-10-12-8-6-5-7-9-12/h5-9,20H,3-4,10-11H2,1-2H3,(H,21,22)/t15-/m1/s1. The van der Waals surface area contributed by atoms with Gasteiger partial charge in [-0.3, -0.25) is 10.1 Å². The zero-order valence-electron chi connectivity index (χ0n) is 13.6. The van der Waals surface area contributed by atoms with Crippen molar-refractivity contribution in [3.05, 3.63) is 35.9 Å². The molecule has 0 aromatic heterocycles. The topological polar surface area (TPSA) is 67.4 Å². The minimum atomic E-state index is -5.05. The van der Waals surface area contributed by atoms with E-state index in [1.807, 2.05) is 0 Å². The summed E-state index contributed by atoms with van der Waals surface area (Å²) in [5.74, 6) is -2.49. The van der Waals surface area contributed by atoms with Gasteiger partial charge in [0.15, 0.2) is 0 Å². The van der Waals surface area contributed by atoms with Crippen LogP contribution in [0.1, 0.15) is 25.8 Å². The van der Waals surface area contributed by atoms with E-state index in [1.165, 1.54) is 13.8 Å². The van der Waals surface area contributed by atoms with Crippen molar-refractivity contribution in [2.24, 2.45) is 0 Å². The number of benzene rings is 1. The monoisotopic (exact) mass is 346 g/mol. The van der Waals surface area contributed by atoms with Gasteiger partial charge in [0.05, 0.1) is 6.61 Å². The summed E-state index contributed by atoms with van der Waals surface area (Å²) in [4.78, 5) is 23.5. The summed E-state index contributed by atoms with van der Waals surface area (Å²) in [6, 6.07) is 8.82. The Balaban J connectivity index is 3.00. The number of esters is 1. The minimum Gasteiger partial charge on any atom is -0.463 e. The Hall–Kier alpha value is -2.09. The summed E-state index contributed by atoms with van der Waals surface area (Å²) in [6.45, 7) is 2.38. The number of nitrogens with one attached hydrogen (secondary N) is 2. The number of rotatable bonds is 8. The summed E-state index contributed by atoms with van der Waals surface area (Å²) < 4.78 is 45.3. The molecule has 1 aromatic rings. The van der Waals surface area contributed by atoms with Crippen LogP contribution >= 0.6 is 0 Å². The zero-order chi connectivity index (χ0) is 18.2. The zero-order valence-corrected chi connectivity index (χ0v) is 13.6. The molecular formula is C16H21F3N2O3. The smallest absolute Gasteiger partial charge is 0.436 e. The Morgan fingerprint density at radius 1 is 1.12 bits per heavy atom. The maximum Gasteiger partial charge on any atom is 0.436 e. The second kappa shape index (κ2) is 8.68. The van der Waals surface area contributed by atoms with E-state index in [0.717, 1.165) is 5.56 Å². The van der Waals surface area contributed by atoms with Crippen molar-refractivity contribution in [1.29, 1.82) is 0 Å². The molecule has 0 radical (unpaired) electrons. The molecule has 8 heteroatoms. The highest BCUT2D eigenvalue weighted by atomic mass is 19.4. The van der Waals surface area contributed by atoms with E-state index in [0.29, 0.717) is 0 Å². The van der Waals surface area contributed by atoms with Crippen molar-refractivity contribution in [3.8, 4) is 0 Å². The molecule has 0 saturated heterocycles. The second-order valence-electron chi connectivity index (χ2n) is 5.03. The van der Waals surface area contributed by atoms with Crippen molar-refractivity contribution < 1.29 is 27.5 Å². The van der Waals surface area contributed by atoms with E-state index in [-0.39, 0.29) is 26.0 Å². The highest BCUT2D eigenvalue weighted by Crippen LogP contribution is 2.30. The molecule has 0 aliphatic rings. The van der Waals surface area contributed by atoms with Crippen LogP contribution in [0.4, 0.5) is 13.2 Å². The third-order valence-electron chi connectivity index (χ3n) is 3.30. The Kier molecular flexibility index (Phi) is 7.21. The first-order chi connectivity index (χ1) is 11.3. The molecule has 24 heavy (non-hydrogen) atoms. The fourth-order valence-electron chi connectivity index (χ4n) is 2.03. The molecule has 0 spiro atoms. The minimum absolute atomic E-state index is 0.174. The van der Waals surface area contributed by atoms with E-state index >= 15 is 0 Å². The highest BCUT2D eigenvalue weighted by Gasteiger charge is 2.62. The van der Waals surface area contributed by atoms with Gasteiger partial charge in [-0.25, -0.2) is 4.79 Å². The lowest BCUT2D eigenvalue weighted by Gasteiger charge is -2.34. The van der Waals surface area contributed by atoms with Crippen molar-refractivity contribution in [1.82, 2.24) is 10.6 Å². The van der Waals surface area contributed by atoms with Crippen LogP contribution in [0.15, 0.2) is 30.3 Å². The van der Waals surface area contributed by atoms with Gasteiger partial charge < -0.3 is 10.1 Å². The predicted octanol–water partition coefficient (Wildman–Crippen LogP) is 2.17. The molecule has 134 valence electrons. The number of hydrogen-bond donors (Lipinski definition) is 2. The number of alkyl halides is 3. The lowest BCUT2D eigenvalue weighted by atomic mass is 10.1. The van der Waals surface area contributed by atoms with Gasteiger partial charge in [0, 0.05) is 13.0 Å². The number of amides is 1. The van der Waals surface area contributed by atoms with Crippen LogP contribution in [-0.4, -0.2) is 36.9 Å². The molecule has 1 aromatic carbocycles. The quantitative estimate of drug-likeness (QED) is 0.559. The number of carbonyl (C=O) groups excluding carboxylic acids is 2. The Labute approximate surface area is 138 Å². The van der Waals surface area contributed by atoms with Gasteiger partial charge in [-0.15, -0.1) is 0 Å². The summed E-state index contributed by atoms with van der Waals surface area (Å²) >= 11 is 0. The maximum absolute atomic E-state index is 13.6. The first-order valence-electron chi connectivity index (χ1n) is 7.60. The van der Waals surface area contributed by atoms with Crippen molar-refractivity contribution in [2.45, 2.75) is 38.5 Å². The third-order valence-corrected chi connectivity index (χ3v) is 3.30. The average molecular weight is 346 g/mol. The van der Waals surface area contributed by atoms with E-state index < -0.39 is 23.7 Å². The van der Waals surface area contributed by atoms with E-state index in [1.54, 1.807) is 35.6 Å². The van der Waals surface area contributed by atoms with Gasteiger partial charge >= 0.3 is 12.1 Å². The number of carbonyl (C=O) groups is 2. The van der Waals surface area contributed by atoms with Crippen LogP contribution < -0.4 is 10.6 Å². The van der Waals surface area contributed by atoms with Gasteiger partial charge in [0.25, 0.3) is 5.66 Å². The molecule has 0 saturated carbocycles. The van der Waals surface area contributed by atoms with Gasteiger partial charge in [-0.1, -0.05) is 37.3 Å². The summed E-state index contributed by atoms with van der Waals surface area (Å²) in [7, 11) is 0. The van der Waals surface area contributed by atoms with Crippen LogP contribution in [0, 0.1) is 0 Å². The molecule has 0 unspecified atom stereocenters. The molecule has 0 fully saturated rings. The second-order valence-corrected chi connectivity index (χ2v) is 5.03. The van der Waals surface area contributed by atoms with E-state index in [9.17, 15) is 22.8 Å². The van der Waals surface area contributed by atoms with Crippen molar-refractivity contribution in [3.63, 3.8) is 0 Å². The van der Waals surface area contributed by atoms with E-state index in [4.69, 9.17) is 0 Å². The molecule has 1 amide bonds. The van der Waals surface area contributed by atoms with Crippen LogP contribution in [0.5, 0.6) is 0 Å². The Morgan fingerprint density at radius 2 is 1.75 bits per heavy atom. The predicted molar refractivity (Wildman–Crippen MR) is 82.0 cm³/mol. The summed E-state index contributed by atoms with van der Waals surface area (Å²) in [5.41, 5.74) is -2.46. The first kappa shape index (κ1) is 20.0. The molecule has 1 rings (SSSR count). The number of halogens is 3. The lowest BCUT2D eigenvalue weighted by molar-refractivity contribution is -0.221. The van der Waals surface area contributed by atoms with Crippen LogP contribution in [-0.2, 0) is 20.7 Å². The number of hydrogen-bond acceptors (Lipinski definition) is 4. The SMILES string of the molecule is CCOC(=O)[C@@](NCCc1ccccc1)(NC(=O)CC)C(F)(F)F. The molecule has 1 atom stereocenters. The van der Waals surface area contributed by atoms with E-state index in [2.05, 4.69) is 10.1 Å². The van der Waals surface area contributed by atoms with Crippen LogP contribution in [0.3, 0.4) is 0 Å². The molecule has 0 aliphatic heterocycles. The molecule has 0 heterocycles. The van der Waals surface area contributed by atoms with Crippen LogP contribution in [0.25, 0.3) is 0 Å². The number of ether oxygens (including phenoxy) is 1. The molecule has 5 nitrogen and oxygen atoms in total. The molecule has 0 aliphatic carbocycles.